The maximum atomic E-state index is 12.8. The Morgan fingerprint density at radius 2 is 1.89 bits per heavy atom. The van der Waals surface area contributed by atoms with Gasteiger partial charge in [0.1, 0.15) is 12.1 Å². The minimum Gasteiger partial charge on any atom is -0.326 e. The molecule has 2 aliphatic rings. The number of aryl methyl sites for hydroxylation is 1. The molecule has 1 saturated carbocycles. The number of urea groups is 1. The van der Waals surface area contributed by atoms with E-state index in [-0.39, 0.29) is 11.8 Å². The highest BCUT2D eigenvalue weighted by Crippen LogP contribution is 2.30. The molecule has 7 nitrogen and oxygen atoms in total. The molecule has 0 spiro atoms. The standard InChI is InChI=1S/C20H27N3O4/c24-18(22-27)17(13-15-9-5-2-6-10-15)23-19(25)16(21-20(23)26)12-11-14-7-3-1-4-8-14/h1,3-4,7-8,15-17,27H,2,5-6,9-13H2,(H,21,26)(H,22,24). The Morgan fingerprint density at radius 3 is 2.56 bits per heavy atom. The molecule has 0 aromatic heterocycles. The van der Waals surface area contributed by atoms with Gasteiger partial charge in [0.05, 0.1) is 0 Å². The van der Waals surface area contributed by atoms with Crippen molar-refractivity contribution in [1.82, 2.24) is 15.7 Å². The lowest BCUT2D eigenvalue weighted by atomic mass is 9.84. The summed E-state index contributed by atoms with van der Waals surface area (Å²) in [6.45, 7) is 0. The van der Waals surface area contributed by atoms with Gasteiger partial charge in [-0.1, -0.05) is 62.4 Å². The number of imide groups is 1. The van der Waals surface area contributed by atoms with E-state index in [2.05, 4.69) is 5.32 Å². The third kappa shape index (κ3) is 4.66. The van der Waals surface area contributed by atoms with Crippen molar-refractivity contribution in [2.24, 2.45) is 5.92 Å². The van der Waals surface area contributed by atoms with E-state index < -0.39 is 24.0 Å². The van der Waals surface area contributed by atoms with Gasteiger partial charge in [-0.3, -0.25) is 14.8 Å². The van der Waals surface area contributed by atoms with Gasteiger partial charge < -0.3 is 5.32 Å². The first-order valence-electron chi connectivity index (χ1n) is 9.71. The number of hydroxylamine groups is 1. The molecule has 2 unspecified atom stereocenters. The van der Waals surface area contributed by atoms with Gasteiger partial charge in [-0.2, -0.15) is 0 Å². The minimum atomic E-state index is -0.965. The van der Waals surface area contributed by atoms with Crippen LogP contribution in [0.3, 0.4) is 0 Å². The SMILES string of the molecule is O=C(NO)C(CC1CCCCC1)N1C(=O)NC(CCc2ccccc2)C1=O. The van der Waals surface area contributed by atoms with Crippen molar-refractivity contribution in [3.05, 3.63) is 35.9 Å². The Bertz CT molecular complexity index is 673. The van der Waals surface area contributed by atoms with E-state index in [1.165, 1.54) is 6.42 Å². The molecule has 3 N–H and O–H groups in total. The lowest BCUT2D eigenvalue weighted by Gasteiger charge is -2.29. The molecule has 0 bridgehead atoms. The van der Waals surface area contributed by atoms with Gasteiger partial charge >= 0.3 is 6.03 Å². The number of rotatable bonds is 7. The molecule has 27 heavy (non-hydrogen) atoms. The predicted molar refractivity (Wildman–Crippen MR) is 98.8 cm³/mol. The fourth-order valence-corrected chi connectivity index (χ4v) is 4.14. The third-order valence-corrected chi connectivity index (χ3v) is 5.62. The number of nitrogens with one attached hydrogen (secondary N) is 2. The van der Waals surface area contributed by atoms with Crippen LogP contribution in [-0.4, -0.2) is 40.0 Å². The molecule has 0 radical (unpaired) electrons. The van der Waals surface area contributed by atoms with Gasteiger partial charge in [0.25, 0.3) is 11.8 Å². The Labute approximate surface area is 159 Å². The first-order valence-corrected chi connectivity index (χ1v) is 9.71. The molecular weight excluding hydrogens is 346 g/mol. The maximum Gasteiger partial charge on any atom is 0.325 e. The van der Waals surface area contributed by atoms with E-state index in [9.17, 15) is 14.4 Å². The minimum absolute atomic E-state index is 0.282. The number of hydrogen-bond donors (Lipinski definition) is 3. The van der Waals surface area contributed by atoms with E-state index in [4.69, 9.17) is 5.21 Å². The van der Waals surface area contributed by atoms with Gasteiger partial charge in [0.15, 0.2) is 0 Å². The summed E-state index contributed by atoms with van der Waals surface area (Å²) in [4.78, 5) is 38.5. The van der Waals surface area contributed by atoms with Crippen molar-refractivity contribution < 1.29 is 19.6 Å². The van der Waals surface area contributed by atoms with Gasteiger partial charge in [-0.15, -0.1) is 0 Å². The average Bonchev–Trinajstić information content (AvgIpc) is 2.99. The zero-order valence-electron chi connectivity index (χ0n) is 15.4. The number of amides is 4. The zero-order chi connectivity index (χ0) is 19.2. The van der Waals surface area contributed by atoms with Crippen molar-refractivity contribution in [2.75, 3.05) is 0 Å². The summed E-state index contributed by atoms with van der Waals surface area (Å²) in [5.41, 5.74) is 2.72. The molecular formula is C20H27N3O4. The first-order chi connectivity index (χ1) is 13.1. The third-order valence-electron chi connectivity index (χ3n) is 5.62. The molecule has 146 valence electrons. The number of carbonyl (C=O) groups excluding carboxylic acids is 3. The summed E-state index contributed by atoms with van der Waals surface area (Å²) < 4.78 is 0. The summed E-state index contributed by atoms with van der Waals surface area (Å²) in [7, 11) is 0. The van der Waals surface area contributed by atoms with Crippen molar-refractivity contribution in [2.45, 2.75) is 63.5 Å². The fourth-order valence-electron chi connectivity index (χ4n) is 4.14. The highest BCUT2D eigenvalue weighted by Gasteiger charge is 2.45. The molecule has 1 aromatic rings. The smallest absolute Gasteiger partial charge is 0.325 e. The molecule has 7 heteroatoms. The van der Waals surface area contributed by atoms with Crippen molar-refractivity contribution >= 4 is 17.8 Å². The van der Waals surface area contributed by atoms with Crippen molar-refractivity contribution in [3.63, 3.8) is 0 Å². The Balaban J connectivity index is 1.67. The van der Waals surface area contributed by atoms with Crippen LogP contribution < -0.4 is 10.8 Å². The Kier molecular flexibility index (Phi) is 6.45. The molecule has 1 aliphatic heterocycles. The highest BCUT2D eigenvalue weighted by atomic mass is 16.5. The van der Waals surface area contributed by atoms with E-state index in [0.717, 1.165) is 36.1 Å². The van der Waals surface area contributed by atoms with E-state index >= 15 is 0 Å². The van der Waals surface area contributed by atoms with E-state index in [1.54, 1.807) is 5.48 Å². The second kappa shape index (κ2) is 8.99. The highest BCUT2D eigenvalue weighted by molar-refractivity contribution is 6.07. The number of benzene rings is 1. The van der Waals surface area contributed by atoms with E-state index in [1.807, 2.05) is 30.3 Å². The molecule has 1 aromatic carbocycles. The van der Waals surface area contributed by atoms with Gasteiger partial charge in [0, 0.05) is 0 Å². The summed E-state index contributed by atoms with van der Waals surface area (Å²) in [5, 5.41) is 11.8. The topological polar surface area (TPSA) is 98.7 Å². The summed E-state index contributed by atoms with van der Waals surface area (Å²) in [5.74, 6) is -0.807. The van der Waals surface area contributed by atoms with Crippen LogP contribution in [0.25, 0.3) is 0 Å². The van der Waals surface area contributed by atoms with Crippen molar-refractivity contribution in [1.29, 1.82) is 0 Å². The number of carbonyl (C=O) groups is 3. The molecule has 2 atom stereocenters. The van der Waals surface area contributed by atoms with E-state index in [0.29, 0.717) is 19.3 Å². The number of hydrogen-bond acceptors (Lipinski definition) is 4. The quantitative estimate of drug-likeness (QED) is 0.388. The molecule has 2 fully saturated rings. The van der Waals surface area contributed by atoms with Crippen LogP contribution in [0, 0.1) is 5.92 Å². The maximum absolute atomic E-state index is 12.8. The predicted octanol–water partition coefficient (Wildman–Crippen LogP) is 2.38. The van der Waals surface area contributed by atoms with Crippen LogP contribution in [0.2, 0.25) is 0 Å². The molecule has 1 heterocycles. The summed E-state index contributed by atoms with van der Waals surface area (Å²) in [6.07, 6.45) is 6.87. The molecule has 1 aliphatic carbocycles. The van der Waals surface area contributed by atoms with Gasteiger partial charge in [-0.25, -0.2) is 15.2 Å². The van der Waals surface area contributed by atoms with Crippen LogP contribution in [0.15, 0.2) is 30.3 Å². The van der Waals surface area contributed by atoms with Crippen LogP contribution >= 0.6 is 0 Å². The Morgan fingerprint density at radius 1 is 1.19 bits per heavy atom. The lowest BCUT2D eigenvalue weighted by Crippen LogP contribution is -2.50. The monoisotopic (exact) mass is 373 g/mol. The molecule has 4 amide bonds. The van der Waals surface area contributed by atoms with Crippen LogP contribution in [0.5, 0.6) is 0 Å². The largest absolute Gasteiger partial charge is 0.326 e. The zero-order valence-corrected chi connectivity index (χ0v) is 15.4. The van der Waals surface area contributed by atoms with Crippen LogP contribution in [0.4, 0.5) is 4.79 Å². The van der Waals surface area contributed by atoms with Crippen molar-refractivity contribution in [3.8, 4) is 0 Å². The molecule has 1 saturated heterocycles. The second-order valence-electron chi connectivity index (χ2n) is 7.47. The van der Waals surface area contributed by atoms with Crippen LogP contribution in [0.1, 0.15) is 50.5 Å². The number of nitrogens with zero attached hydrogens (tertiary/aromatic N) is 1. The normalized spacial score (nSPS) is 21.8. The summed E-state index contributed by atoms with van der Waals surface area (Å²) >= 11 is 0. The van der Waals surface area contributed by atoms with Gasteiger partial charge in [0.2, 0.25) is 0 Å². The van der Waals surface area contributed by atoms with Crippen LogP contribution in [-0.2, 0) is 16.0 Å². The lowest BCUT2D eigenvalue weighted by molar-refractivity contribution is -0.141. The Hall–Kier alpha value is -2.41. The molecule has 3 rings (SSSR count). The van der Waals surface area contributed by atoms with Gasteiger partial charge in [-0.05, 0) is 30.7 Å². The fraction of sp³-hybridized carbons (Fsp3) is 0.550. The second-order valence-corrected chi connectivity index (χ2v) is 7.47. The first kappa shape index (κ1) is 19.4. The summed E-state index contributed by atoms with van der Waals surface area (Å²) in [6, 6.07) is 7.59. The average molecular weight is 373 g/mol.